The van der Waals surface area contributed by atoms with E-state index in [0.717, 1.165) is 5.82 Å². The lowest BCUT2D eigenvalue weighted by Crippen LogP contribution is -2.48. The normalized spacial score (nSPS) is 14.5. The predicted octanol–water partition coefficient (Wildman–Crippen LogP) is 2.82. The topological polar surface area (TPSA) is 66.6 Å². The average molecular weight is 422 g/mol. The van der Waals surface area contributed by atoms with Gasteiger partial charge in [-0.2, -0.15) is 0 Å². The summed E-state index contributed by atoms with van der Waals surface area (Å²) in [6.07, 6.45) is 3.11. The van der Waals surface area contributed by atoms with E-state index in [0.29, 0.717) is 37.5 Å². The van der Waals surface area contributed by atoms with Crippen LogP contribution in [0.3, 0.4) is 0 Å². The number of benzene rings is 1. The van der Waals surface area contributed by atoms with Crippen LogP contribution in [0, 0.1) is 11.6 Å². The van der Waals surface area contributed by atoms with Crippen LogP contribution in [-0.4, -0.2) is 56.6 Å². The maximum absolute atomic E-state index is 15.0. The fraction of sp³-hybridized carbons (Fsp3) is 0.273. The number of nitrogens with zero attached hydrogens (tertiary/aromatic N) is 6. The number of piperazine rings is 1. The fourth-order valence-corrected chi connectivity index (χ4v) is 3.99. The Balaban J connectivity index is 1.47. The molecule has 5 rings (SSSR count). The van der Waals surface area contributed by atoms with Crippen LogP contribution in [0.5, 0.6) is 0 Å². The molecule has 1 aromatic carbocycles. The number of pyridine rings is 1. The average Bonchev–Trinajstić information content (AvgIpc) is 3.18. The highest BCUT2D eigenvalue weighted by atomic mass is 19.1. The van der Waals surface area contributed by atoms with E-state index in [4.69, 9.17) is 0 Å². The minimum absolute atomic E-state index is 0.0121. The second-order valence-electron chi connectivity index (χ2n) is 7.60. The van der Waals surface area contributed by atoms with Crippen molar-refractivity contribution in [2.24, 2.45) is 0 Å². The first-order valence-electron chi connectivity index (χ1n) is 10.1. The zero-order valence-corrected chi connectivity index (χ0v) is 16.9. The highest BCUT2D eigenvalue weighted by molar-refractivity contribution is 5.80. The van der Waals surface area contributed by atoms with Crippen molar-refractivity contribution in [3.05, 3.63) is 65.6 Å². The molecule has 1 aliphatic rings. The standard InChI is InChI=1S/C22H20F2N6O/c1-14(31)28-7-9-29(10-8-28)21-5-4-20-26-13-15(30(20)27-21)11-17-18(23)12-19-16(22(17)24)3-2-6-25-19/h2-6,12-13H,7-11H2,1H3. The molecular weight excluding hydrogens is 402 g/mol. The van der Waals surface area contributed by atoms with Crippen molar-refractivity contribution < 1.29 is 13.6 Å². The molecule has 0 aliphatic carbocycles. The van der Waals surface area contributed by atoms with E-state index >= 15 is 4.39 Å². The van der Waals surface area contributed by atoms with E-state index < -0.39 is 11.6 Å². The molecule has 0 N–H and O–H groups in total. The molecule has 0 radical (unpaired) electrons. The smallest absolute Gasteiger partial charge is 0.219 e. The summed E-state index contributed by atoms with van der Waals surface area (Å²) in [5.41, 5.74) is 1.43. The van der Waals surface area contributed by atoms with Crippen LogP contribution < -0.4 is 4.90 Å². The summed E-state index contributed by atoms with van der Waals surface area (Å²) >= 11 is 0. The van der Waals surface area contributed by atoms with Gasteiger partial charge in [0.15, 0.2) is 5.65 Å². The summed E-state index contributed by atoms with van der Waals surface area (Å²) in [5.74, 6) is -0.460. The van der Waals surface area contributed by atoms with Crippen LogP contribution in [-0.2, 0) is 11.2 Å². The first-order chi connectivity index (χ1) is 15.0. The number of aromatic nitrogens is 4. The van der Waals surface area contributed by atoms with E-state index in [1.807, 2.05) is 12.1 Å². The summed E-state index contributed by atoms with van der Waals surface area (Å²) in [6.45, 7) is 4.17. The Labute approximate surface area is 176 Å². The molecule has 0 atom stereocenters. The molecule has 0 saturated carbocycles. The second kappa shape index (κ2) is 7.57. The molecule has 1 fully saturated rings. The van der Waals surface area contributed by atoms with Crippen molar-refractivity contribution in [3.63, 3.8) is 0 Å². The van der Waals surface area contributed by atoms with Gasteiger partial charge in [0.1, 0.15) is 17.5 Å². The molecule has 0 unspecified atom stereocenters. The van der Waals surface area contributed by atoms with Gasteiger partial charge in [-0.25, -0.2) is 18.3 Å². The van der Waals surface area contributed by atoms with Crippen LogP contribution in [0.15, 0.2) is 42.7 Å². The maximum atomic E-state index is 15.0. The maximum Gasteiger partial charge on any atom is 0.219 e. The first kappa shape index (κ1) is 19.3. The van der Waals surface area contributed by atoms with Gasteiger partial charge >= 0.3 is 0 Å². The largest absolute Gasteiger partial charge is 0.352 e. The minimum atomic E-state index is -0.643. The third-order valence-electron chi connectivity index (χ3n) is 5.72. The molecule has 7 nitrogen and oxygen atoms in total. The van der Waals surface area contributed by atoms with Gasteiger partial charge < -0.3 is 9.80 Å². The van der Waals surface area contributed by atoms with E-state index in [9.17, 15) is 9.18 Å². The van der Waals surface area contributed by atoms with Gasteiger partial charge in [-0.05, 0) is 24.3 Å². The summed E-state index contributed by atoms with van der Waals surface area (Å²) < 4.78 is 31.3. The number of carbonyl (C=O) groups excluding carboxylic acids is 1. The highest BCUT2D eigenvalue weighted by Gasteiger charge is 2.21. The first-order valence-corrected chi connectivity index (χ1v) is 10.1. The van der Waals surface area contributed by atoms with Gasteiger partial charge in [0.05, 0.1) is 17.4 Å². The van der Waals surface area contributed by atoms with Crippen LogP contribution in [0.25, 0.3) is 16.6 Å². The lowest BCUT2D eigenvalue weighted by molar-refractivity contribution is -0.129. The van der Waals surface area contributed by atoms with E-state index in [1.54, 1.807) is 34.7 Å². The molecule has 0 bridgehead atoms. The molecule has 31 heavy (non-hydrogen) atoms. The highest BCUT2D eigenvalue weighted by Crippen LogP contribution is 2.25. The zero-order chi connectivity index (χ0) is 21.5. The molecular formula is C22H20F2N6O. The van der Waals surface area contributed by atoms with Crippen molar-refractivity contribution in [1.29, 1.82) is 0 Å². The quantitative estimate of drug-likeness (QED) is 0.508. The van der Waals surface area contributed by atoms with Crippen molar-refractivity contribution in [1.82, 2.24) is 24.5 Å². The number of rotatable bonds is 3. The van der Waals surface area contributed by atoms with Gasteiger partial charge in [0, 0.05) is 62.7 Å². The number of hydrogen-bond acceptors (Lipinski definition) is 5. The Morgan fingerprint density at radius 3 is 2.68 bits per heavy atom. The molecule has 3 aromatic heterocycles. The van der Waals surface area contributed by atoms with Crippen LogP contribution in [0.1, 0.15) is 18.2 Å². The summed E-state index contributed by atoms with van der Waals surface area (Å²) in [4.78, 5) is 23.8. The Morgan fingerprint density at radius 1 is 1.10 bits per heavy atom. The second-order valence-corrected chi connectivity index (χ2v) is 7.60. The number of carbonyl (C=O) groups is 1. The van der Waals surface area contributed by atoms with E-state index in [2.05, 4.69) is 20.0 Å². The molecule has 158 valence electrons. The predicted molar refractivity (Wildman–Crippen MR) is 112 cm³/mol. The third-order valence-corrected chi connectivity index (χ3v) is 5.72. The monoisotopic (exact) mass is 422 g/mol. The van der Waals surface area contributed by atoms with E-state index in [1.165, 1.54) is 12.3 Å². The summed E-state index contributed by atoms with van der Waals surface area (Å²) in [5, 5.41) is 4.95. The molecule has 1 saturated heterocycles. The van der Waals surface area contributed by atoms with E-state index in [-0.39, 0.29) is 28.8 Å². The number of amides is 1. The van der Waals surface area contributed by atoms with Crippen LogP contribution >= 0.6 is 0 Å². The van der Waals surface area contributed by atoms with Gasteiger partial charge in [-0.15, -0.1) is 5.10 Å². The molecule has 0 spiro atoms. The number of anilines is 1. The lowest BCUT2D eigenvalue weighted by atomic mass is 10.0. The molecule has 9 heteroatoms. The van der Waals surface area contributed by atoms with Gasteiger partial charge in [0.25, 0.3) is 0 Å². The molecule has 4 aromatic rings. The Bertz CT molecular complexity index is 1300. The van der Waals surface area contributed by atoms with Crippen LogP contribution in [0.4, 0.5) is 14.6 Å². The number of halogens is 2. The molecule has 4 heterocycles. The minimum Gasteiger partial charge on any atom is -0.352 e. The van der Waals surface area contributed by atoms with Gasteiger partial charge in [-0.3, -0.25) is 9.78 Å². The third kappa shape index (κ3) is 3.45. The van der Waals surface area contributed by atoms with Crippen molar-refractivity contribution in [3.8, 4) is 0 Å². The van der Waals surface area contributed by atoms with Gasteiger partial charge in [0.2, 0.25) is 5.91 Å². The number of hydrogen-bond donors (Lipinski definition) is 0. The molecule has 1 amide bonds. The Morgan fingerprint density at radius 2 is 1.90 bits per heavy atom. The Hall–Kier alpha value is -3.62. The van der Waals surface area contributed by atoms with Crippen molar-refractivity contribution in [2.45, 2.75) is 13.3 Å². The van der Waals surface area contributed by atoms with Crippen LogP contribution in [0.2, 0.25) is 0 Å². The zero-order valence-electron chi connectivity index (χ0n) is 16.9. The molecule has 1 aliphatic heterocycles. The Kier molecular flexibility index (Phi) is 4.72. The van der Waals surface area contributed by atoms with Crippen molar-refractivity contribution in [2.75, 3.05) is 31.1 Å². The van der Waals surface area contributed by atoms with Gasteiger partial charge in [-0.1, -0.05) is 0 Å². The fourth-order valence-electron chi connectivity index (χ4n) is 3.99. The summed E-state index contributed by atoms with van der Waals surface area (Å²) in [6, 6.07) is 8.18. The van der Waals surface area contributed by atoms with Crippen molar-refractivity contribution >= 4 is 28.3 Å². The lowest BCUT2D eigenvalue weighted by Gasteiger charge is -2.34. The SMILES string of the molecule is CC(=O)N1CCN(c2ccc3ncc(Cc4c(F)cc5ncccc5c4F)n3n2)CC1. The number of imidazole rings is 1. The summed E-state index contributed by atoms with van der Waals surface area (Å²) in [7, 11) is 0. The number of fused-ring (bicyclic) bond motifs is 2.